The van der Waals surface area contributed by atoms with Crippen molar-refractivity contribution in [1.82, 2.24) is 4.90 Å². The summed E-state index contributed by atoms with van der Waals surface area (Å²) < 4.78 is 0. The maximum atomic E-state index is 12.4. The van der Waals surface area contributed by atoms with Gasteiger partial charge in [-0.25, -0.2) is 4.79 Å². The van der Waals surface area contributed by atoms with Crippen LogP contribution in [0.2, 0.25) is 10.0 Å². The molecule has 0 aliphatic rings. The number of amides is 2. The van der Waals surface area contributed by atoms with Crippen molar-refractivity contribution >= 4 is 40.6 Å². The van der Waals surface area contributed by atoms with Crippen LogP contribution in [0.25, 0.3) is 0 Å². The standard InChI is InChI=1S/C18H21Cl2N3O/c1-12-10-14(22(2)3)8-9-16(12)21-18(24)23(4)11-13-6-5-7-15(19)17(13)20/h5-10H,11H2,1-4H3,(H,21,24). The van der Waals surface area contributed by atoms with Gasteiger partial charge in [-0.3, -0.25) is 0 Å². The molecular weight excluding hydrogens is 345 g/mol. The van der Waals surface area contributed by atoms with Gasteiger partial charge in [0.2, 0.25) is 0 Å². The Balaban J connectivity index is 2.08. The van der Waals surface area contributed by atoms with Crippen LogP contribution in [0.4, 0.5) is 16.2 Å². The van der Waals surface area contributed by atoms with Crippen molar-refractivity contribution in [3.63, 3.8) is 0 Å². The third-order valence-electron chi connectivity index (χ3n) is 3.75. The largest absolute Gasteiger partial charge is 0.378 e. The van der Waals surface area contributed by atoms with Crippen LogP contribution >= 0.6 is 23.2 Å². The van der Waals surface area contributed by atoms with Crippen LogP contribution in [-0.4, -0.2) is 32.1 Å². The van der Waals surface area contributed by atoms with Gasteiger partial charge in [0.25, 0.3) is 0 Å². The fourth-order valence-electron chi connectivity index (χ4n) is 2.27. The lowest BCUT2D eigenvalue weighted by atomic mass is 10.1. The summed E-state index contributed by atoms with van der Waals surface area (Å²) in [6.45, 7) is 2.34. The van der Waals surface area contributed by atoms with E-state index in [1.807, 2.05) is 56.3 Å². The highest BCUT2D eigenvalue weighted by Gasteiger charge is 2.13. The van der Waals surface area contributed by atoms with E-state index in [0.29, 0.717) is 16.6 Å². The molecule has 128 valence electrons. The maximum absolute atomic E-state index is 12.4. The highest BCUT2D eigenvalue weighted by Crippen LogP contribution is 2.27. The monoisotopic (exact) mass is 365 g/mol. The molecule has 0 saturated heterocycles. The zero-order valence-electron chi connectivity index (χ0n) is 14.2. The summed E-state index contributed by atoms with van der Waals surface area (Å²) in [4.78, 5) is 16.0. The van der Waals surface area contributed by atoms with Crippen LogP contribution in [-0.2, 0) is 6.54 Å². The van der Waals surface area contributed by atoms with Crippen molar-refractivity contribution in [1.29, 1.82) is 0 Å². The van der Waals surface area contributed by atoms with E-state index >= 15 is 0 Å². The molecule has 0 spiro atoms. The zero-order chi connectivity index (χ0) is 17.9. The summed E-state index contributed by atoms with van der Waals surface area (Å²) in [7, 11) is 5.68. The maximum Gasteiger partial charge on any atom is 0.321 e. The molecule has 0 aliphatic carbocycles. The Bertz CT molecular complexity index is 747. The normalized spacial score (nSPS) is 10.4. The molecule has 0 aromatic heterocycles. The molecular formula is C18H21Cl2N3O. The molecule has 2 aromatic carbocycles. The van der Waals surface area contributed by atoms with E-state index in [-0.39, 0.29) is 6.03 Å². The topological polar surface area (TPSA) is 35.6 Å². The number of hydrogen-bond acceptors (Lipinski definition) is 2. The number of carbonyl (C=O) groups is 1. The number of anilines is 2. The van der Waals surface area contributed by atoms with E-state index in [9.17, 15) is 4.79 Å². The SMILES string of the molecule is Cc1cc(N(C)C)ccc1NC(=O)N(C)Cc1cccc(Cl)c1Cl. The summed E-state index contributed by atoms with van der Waals surface area (Å²) in [6, 6.07) is 11.1. The Morgan fingerprint density at radius 1 is 1.12 bits per heavy atom. The van der Waals surface area contributed by atoms with E-state index in [2.05, 4.69) is 5.32 Å². The number of aryl methyl sites for hydroxylation is 1. The summed E-state index contributed by atoms with van der Waals surface area (Å²) in [5.41, 5.74) is 3.68. The molecule has 0 aliphatic heterocycles. The Hall–Kier alpha value is -1.91. The first kappa shape index (κ1) is 18.4. The fourth-order valence-corrected chi connectivity index (χ4v) is 2.65. The summed E-state index contributed by atoms with van der Waals surface area (Å²) in [6.07, 6.45) is 0. The molecule has 2 aromatic rings. The minimum absolute atomic E-state index is 0.202. The number of urea groups is 1. The predicted molar refractivity (Wildman–Crippen MR) is 102 cm³/mol. The molecule has 0 bridgehead atoms. The van der Waals surface area contributed by atoms with Gasteiger partial charge in [-0.1, -0.05) is 35.3 Å². The second-order valence-corrected chi connectivity index (χ2v) is 6.68. The van der Waals surface area contributed by atoms with E-state index in [0.717, 1.165) is 22.5 Å². The highest BCUT2D eigenvalue weighted by molar-refractivity contribution is 6.42. The number of carbonyl (C=O) groups excluding carboxylic acids is 1. The highest BCUT2D eigenvalue weighted by atomic mass is 35.5. The predicted octanol–water partition coefficient (Wildman–Crippen LogP) is 5.03. The number of benzene rings is 2. The lowest BCUT2D eigenvalue weighted by molar-refractivity contribution is 0.220. The van der Waals surface area contributed by atoms with Crippen LogP contribution in [0.15, 0.2) is 36.4 Å². The van der Waals surface area contributed by atoms with Gasteiger partial charge in [-0.15, -0.1) is 0 Å². The van der Waals surface area contributed by atoms with Crippen molar-refractivity contribution in [3.05, 3.63) is 57.6 Å². The Labute approximate surface area is 153 Å². The van der Waals surface area contributed by atoms with Gasteiger partial charge in [-0.2, -0.15) is 0 Å². The number of nitrogens with zero attached hydrogens (tertiary/aromatic N) is 2. The van der Waals surface area contributed by atoms with Gasteiger partial charge in [0.1, 0.15) is 0 Å². The number of hydrogen-bond donors (Lipinski definition) is 1. The first-order valence-electron chi connectivity index (χ1n) is 7.52. The molecule has 24 heavy (non-hydrogen) atoms. The number of halogens is 2. The molecule has 0 unspecified atom stereocenters. The van der Waals surface area contributed by atoms with Crippen LogP contribution in [0, 0.1) is 6.92 Å². The molecule has 0 fully saturated rings. The van der Waals surface area contributed by atoms with Gasteiger partial charge in [-0.05, 0) is 42.3 Å². The molecule has 4 nitrogen and oxygen atoms in total. The first-order valence-corrected chi connectivity index (χ1v) is 8.28. The van der Waals surface area contributed by atoms with Crippen LogP contribution in [0.5, 0.6) is 0 Å². The van der Waals surface area contributed by atoms with Crippen LogP contribution in [0.1, 0.15) is 11.1 Å². The van der Waals surface area contributed by atoms with E-state index in [4.69, 9.17) is 23.2 Å². The summed E-state index contributed by atoms with van der Waals surface area (Å²) in [5.74, 6) is 0. The minimum Gasteiger partial charge on any atom is -0.378 e. The summed E-state index contributed by atoms with van der Waals surface area (Å²) >= 11 is 12.2. The first-order chi connectivity index (χ1) is 11.3. The minimum atomic E-state index is -0.202. The van der Waals surface area contributed by atoms with E-state index < -0.39 is 0 Å². The molecule has 0 heterocycles. The lowest BCUT2D eigenvalue weighted by Crippen LogP contribution is -2.31. The molecule has 2 amide bonds. The van der Waals surface area contributed by atoms with Crippen molar-refractivity contribution in [2.75, 3.05) is 31.4 Å². The fraction of sp³-hybridized carbons (Fsp3) is 0.278. The molecule has 1 N–H and O–H groups in total. The van der Waals surface area contributed by atoms with Gasteiger partial charge in [0, 0.05) is 39.1 Å². The van der Waals surface area contributed by atoms with Gasteiger partial charge in [0.05, 0.1) is 10.0 Å². The van der Waals surface area contributed by atoms with Crippen molar-refractivity contribution < 1.29 is 4.79 Å². The average molecular weight is 366 g/mol. The average Bonchev–Trinajstić information content (AvgIpc) is 2.53. The second-order valence-electron chi connectivity index (χ2n) is 5.89. The molecule has 0 radical (unpaired) electrons. The van der Waals surface area contributed by atoms with Gasteiger partial charge in [0.15, 0.2) is 0 Å². The van der Waals surface area contributed by atoms with Crippen molar-refractivity contribution in [2.24, 2.45) is 0 Å². The van der Waals surface area contributed by atoms with E-state index in [1.165, 1.54) is 0 Å². The Morgan fingerprint density at radius 2 is 1.83 bits per heavy atom. The van der Waals surface area contributed by atoms with Gasteiger partial charge >= 0.3 is 6.03 Å². The third kappa shape index (κ3) is 4.34. The molecule has 0 saturated carbocycles. The zero-order valence-corrected chi connectivity index (χ0v) is 15.7. The molecule has 2 rings (SSSR count). The smallest absolute Gasteiger partial charge is 0.321 e. The van der Waals surface area contributed by atoms with Crippen LogP contribution < -0.4 is 10.2 Å². The second kappa shape index (κ2) is 7.77. The van der Waals surface area contributed by atoms with Crippen molar-refractivity contribution in [2.45, 2.75) is 13.5 Å². The number of nitrogens with one attached hydrogen (secondary N) is 1. The van der Waals surface area contributed by atoms with E-state index in [1.54, 1.807) is 18.0 Å². The third-order valence-corrected chi connectivity index (χ3v) is 4.61. The molecule has 6 heteroatoms. The quantitative estimate of drug-likeness (QED) is 0.824. The van der Waals surface area contributed by atoms with Gasteiger partial charge < -0.3 is 15.1 Å². The number of rotatable bonds is 4. The molecule has 0 atom stereocenters. The lowest BCUT2D eigenvalue weighted by Gasteiger charge is -2.20. The van der Waals surface area contributed by atoms with Crippen LogP contribution in [0.3, 0.4) is 0 Å². The summed E-state index contributed by atoms with van der Waals surface area (Å²) in [5, 5.41) is 3.88. The Kier molecular flexibility index (Phi) is 5.97. The Morgan fingerprint density at radius 3 is 2.46 bits per heavy atom. The van der Waals surface area contributed by atoms with Crippen molar-refractivity contribution in [3.8, 4) is 0 Å².